The number of ketones is 1. The maximum atomic E-state index is 14.7. The number of hydrogen-bond donors (Lipinski definition) is 1. The molecule has 1 atom stereocenters. The summed E-state index contributed by atoms with van der Waals surface area (Å²) in [5.74, 6) is -1.47. The minimum Gasteiger partial charge on any atom is -0.324 e. The summed E-state index contributed by atoms with van der Waals surface area (Å²) in [6.07, 6.45) is 1.93. The fraction of sp³-hybridized carbons (Fsp3) is 0.235. The van der Waals surface area contributed by atoms with Crippen LogP contribution in [-0.2, 0) is 0 Å². The minimum atomic E-state index is -0.679. The van der Waals surface area contributed by atoms with E-state index in [-0.39, 0.29) is 22.1 Å². The first-order valence-electron chi connectivity index (χ1n) is 7.02. The van der Waals surface area contributed by atoms with Crippen LogP contribution in [0.25, 0.3) is 0 Å². The van der Waals surface area contributed by atoms with Gasteiger partial charge in [0.2, 0.25) is 0 Å². The van der Waals surface area contributed by atoms with E-state index in [0.717, 1.165) is 25.0 Å². The molecule has 0 amide bonds. The van der Waals surface area contributed by atoms with E-state index in [1.807, 2.05) is 0 Å². The van der Waals surface area contributed by atoms with Crippen molar-refractivity contribution in [1.29, 1.82) is 0 Å². The zero-order chi connectivity index (χ0) is 15.9. The Hall–Kier alpha value is -1.78. The lowest BCUT2D eigenvalue weighted by atomic mass is 9.96. The summed E-state index contributed by atoms with van der Waals surface area (Å²) in [4.78, 5) is 12.5. The van der Waals surface area contributed by atoms with E-state index < -0.39 is 23.5 Å². The number of benzene rings is 2. The molecular weight excluding hydrogens is 308 g/mol. The summed E-state index contributed by atoms with van der Waals surface area (Å²) in [6, 6.07) is 7.50. The molecule has 2 aromatic rings. The van der Waals surface area contributed by atoms with Crippen LogP contribution in [0.5, 0.6) is 0 Å². The average molecular weight is 322 g/mol. The van der Waals surface area contributed by atoms with Crippen molar-refractivity contribution in [2.75, 3.05) is 0 Å². The van der Waals surface area contributed by atoms with Crippen LogP contribution in [0.1, 0.15) is 40.4 Å². The monoisotopic (exact) mass is 321 g/mol. The van der Waals surface area contributed by atoms with Gasteiger partial charge in [-0.15, -0.1) is 0 Å². The van der Waals surface area contributed by atoms with Gasteiger partial charge in [0, 0.05) is 17.2 Å². The quantitative estimate of drug-likeness (QED) is 0.855. The molecule has 0 aliphatic heterocycles. The molecule has 3 rings (SSSR count). The normalized spacial score (nSPS) is 15.6. The SMILES string of the molecule is N[C@@H](c1ccc(Cl)c(C(=O)c2ccc(F)cc2)c1F)C1CC1. The van der Waals surface area contributed by atoms with Crippen molar-refractivity contribution in [2.24, 2.45) is 11.7 Å². The Morgan fingerprint density at radius 1 is 1.14 bits per heavy atom. The number of carbonyl (C=O) groups excluding carboxylic acids is 1. The van der Waals surface area contributed by atoms with Gasteiger partial charge in [0.1, 0.15) is 11.6 Å². The van der Waals surface area contributed by atoms with E-state index in [1.54, 1.807) is 0 Å². The van der Waals surface area contributed by atoms with E-state index in [9.17, 15) is 13.6 Å². The summed E-state index contributed by atoms with van der Waals surface area (Å²) < 4.78 is 27.7. The van der Waals surface area contributed by atoms with Gasteiger partial charge in [-0.25, -0.2) is 8.78 Å². The molecule has 2 N–H and O–H groups in total. The van der Waals surface area contributed by atoms with Crippen LogP contribution in [0, 0.1) is 17.6 Å². The molecule has 0 saturated heterocycles. The highest BCUT2D eigenvalue weighted by Crippen LogP contribution is 2.41. The van der Waals surface area contributed by atoms with Crippen LogP contribution < -0.4 is 5.73 Å². The van der Waals surface area contributed by atoms with Gasteiger partial charge < -0.3 is 5.73 Å². The Kier molecular flexibility index (Phi) is 3.98. The highest BCUT2D eigenvalue weighted by Gasteiger charge is 2.33. The number of rotatable bonds is 4. The Labute approximate surface area is 131 Å². The summed E-state index contributed by atoms with van der Waals surface area (Å²) in [7, 11) is 0. The molecule has 2 aromatic carbocycles. The molecule has 2 nitrogen and oxygen atoms in total. The van der Waals surface area contributed by atoms with Gasteiger partial charge in [-0.3, -0.25) is 4.79 Å². The molecule has 0 aromatic heterocycles. The molecule has 1 saturated carbocycles. The van der Waals surface area contributed by atoms with Crippen molar-refractivity contribution in [3.05, 3.63) is 69.7 Å². The molecule has 0 unspecified atom stereocenters. The van der Waals surface area contributed by atoms with Crippen LogP contribution >= 0.6 is 11.6 Å². The molecule has 1 fully saturated rings. The van der Waals surface area contributed by atoms with Crippen molar-refractivity contribution < 1.29 is 13.6 Å². The lowest BCUT2D eigenvalue weighted by Crippen LogP contribution is -2.17. The third-order valence-electron chi connectivity index (χ3n) is 3.94. The lowest BCUT2D eigenvalue weighted by molar-refractivity contribution is 0.103. The number of halogens is 3. The van der Waals surface area contributed by atoms with Crippen molar-refractivity contribution in [3.63, 3.8) is 0 Å². The summed E-state index contributed by atoms with van der Waals surface area (Å²) in [6.45, 7) is 0. The molecule has 0 radical (unpaired) electrons. The zero-order valence-corrected chi connectivity index (χ0v) is 12.4. The zero-order valence-electron chi connectivity index (χ0n) is 11.7. The minimum absolute atomic E-state index is 0.0265. The number of carbonyl (C=O) groups is 1. The smallest absolute Gasteiger partial charge is 0.197 e. The third-order valence-corrected chi connectivity index (χ3v) is 4.26. The molecule has 22 heavy (non-hydrogen) atoms. The van der Waals surface area contributed by atoms with Crippen LogP contribution in [0.4, 0.5) is 8.78 Å². The Morgan fingerprint density at radius 3 is 2.36 bits per heavy atom. The number of hydrogen-bond acceptors (Lipinski definition) is 2. The molecular formula is C17H14ClF2NO. The second-order valence-electron chi connectivity index (χ2n) is 5.52. The van der Waals surface area contributed by atoms with Crippen LogP contribution in [0.15, 0.2) is 36.4 Å². The summed E-state index contributed by atoms with van der Waals surface area (Å²) in [5, 5.41) is 0.0265. The fourth-order valence-corrected chi connectivity index (χ4v) is 2.72. The predicted octanol–water partition coefficient (Wildman–Crippen LogP) is 4.26. The van der Waals surface area contributed by atoms with Gasteiger partial charge in [-0.05, 0) is 49.1 Å². The van der Waals surface area contributed by atoms with Crippen LogP contribution in [0.3, 0.4) is 0 Å². The van der Waals surface area contributed by atoms with Crippen molar-refractivity contribution in [3.8, 4) is 0 Å². The highest BCUT2D eigenvalue weighted by atomic mass is 35.5. The largest absolute Gasteiger partial charge is 0.324 e. The molecule has 0 spiro atoms. The molecule has 0 heterocycles. The van der Waals surface area contributed by atoms with Gasteiger partial charge in [0.05, 0.1) is 10.6 Å². The first-order chi connectivity index (χ1) is 10.5. The Bertz CT molecular complexity index is 726. The fourth-order valence-electron chi connectivity index (χ4n) is 2.49. The molecule has 114 valence electrons. The van der Waals surface area contributed by atoms with Gasteiger partial charge in [-0.1, -0.05) is 17.7 Å². The summed E-state index contributed by atoms with van der Waals surface area (Å²) in [5.41, 5.74) is 6.31. The van der Waals surface area contributed by atoms with Crippen molar-refractivity contribution in [1.82, 2.24) is 0 Å². The van der Waals surface area contributed by atoms with Crippen molar-refractivity contribution >= 4 is 17.4 Å². The predicted molar refractivity (Wildman–Crippen MR) is 80.9 cm³/mol. The van der Waals surface area contributed by atoms with Gasteiger partial charge in [-0.2, -0.15) is 0 Å². The first-order valence-corrected chi connectivity index (χ1v) is 7.40. The van der Waals surface area contributed by atoms with Gasteiger partial charge in [0.15, 0.2) is 5.78 Å². The van der Waals surface area contributed by atoms with Crippen LogP contribution in [0.2, 0.25) is 5.02 Å². The average Bonchev–Trinajstić information content (AvgIpc) is 3.32. The van der Waals surface area contributed by atoms with E-state index in [4.69, 9.17) is 17.3 Å². The van der Waals surface area contributed by atoms with E-state index in [0.29, 0.717) is 5.56 Å². The maximum Gasteiger partial charge on any atom is 0.197 e. The second kappa shape index (κ2) is 5.78. The van der Waals surface area contributed by atoms with E-state index in [1.165, 1.54) is 24.3 Å². The molecule has 1 aliphatic rings. The molecule has 0 bridgehead atoms. The Morgan fingerprint density at radius 2 is 1.77 bits per heavy atom. The van der Waals surface area contributed by atoms with Gasteiger partial charge >= 0.3 is 0 Å². The second-order valence-corrected chi connectivity index (χ2v) is 5.93. The molecule has 1 aliphatic carbocycles. The molecule has 5 heteroatoms. The maximum absolute atomic E-state index is 14.7. The third kappa shape index (κ3) is 2.76. The Balaban J connectivity index is 2.03. The standard InChI is InChI=1S/C17H14ClF2NO/c18-13-8-7-12(16(21)9-1-2-9)15(20)14(13)17(22)10-3-5-11(19)6-4-10/h3-9,16H,1-2,21H2/t16-/m1/s1. The first kappa shape index (κ1) is 15.1. The van der Waals surface area contributed by atoms with Crippen LogP contribution in [-0.4, -0.2) is 5.78 Å². The van der Waals surface area contributed by atoms with Crippen molar-refractivity contribution in [2.45, 2.75) is 18.9 Å². The number of nitrogens with two attached hydrogens (primary N) is 1. The highest BCUT2D eigenvalue weighted by molar-refractivity contribution is 6.35. The topological polar surface area (TPSA) is 43.1 Å². The lowest BCUT2D eigenvalue weighted by Gasteiger charge is -2.15. The van der Waals surface area contributed by atoms with E-state index >= 15 is 0 Å². The van der Waals surface area contributed by atoms with Gasteiger partial charge in [0.25, 0.3) is 0 Å². The van der Waals surface area contributed by atoms with E-state index in [2.05, 4.69) is 0 Å². The summed E-state index contributed by atoms with van der Waals surface area (Å²) >= 11 is 6.00.